The molecule has 0 bridgehead atoms. The van der Waals surface area contributed by atoms with E-state index in [4.69, 9.17) is 0 Å². The molecule has 1 heterocycles. The molecule has 5 nitrogen and oxygen atoms in total. The average Bonchev–Trinajstić information content (AvgIpc) is 2.71. The highest BCUT2D eigenvalue weighted by molar-refractivity contribution is 5.98. The Bertz CT molecular complexity index is 830. The molecule has 0 spiro atoms. The molecule has 0 saturated carbocycles. The van der Waals surface area contributed by atoms with E-state index in [1.807, 2.05) is 50.2 Å². The van der Waals surface area contributed by atoms with E-state index < -0.39 is 6.04 Å². The fourth-order valence-electron chi connectivity index (χ4n) is 3.47. The smallest absolute Gasteiger partial charge is 0.247 e. The van der Waals surface area contributed by atoms with Crippen LogP contribution in [0, 0.1) is 5.92 Å². The summed E-state index contributed by atoms with van der Waals surface area (Å²) < 4.78 is 0. The van der Waals surface area contributed by atoms with Gasteiger partial charge >= 0.3 is 0 Å². The molecule has 0 aliphatic carbocycles. The molecule has 2 unspecified atom stereocenters. The van der Waals surface area contributed by atoms with E-state index in [0.29, 0.717) is 13.0 Å². The Morgan fingerprint density at radius 1 is 1.07 bits per heavy atom. The number of carbonyl (C=O) groups is 2. The second-order valence-electron chi connectivity index (χ2n) is 7.68. The zero-order valence-electron chi connectivity index (χ0n) is 16.8. The largest absolute Gasteiger partial charge is 0.343 e. The molecule has 2 atom stereocenters. The number of fused-ring (bicyclic) bond motifs is 1. The van der Waals surface area contributed by atoms with Crippen molar-refractivity contribution in [2.24, 2.45) is 5.92 Å². The predicted octanol–water partition coefficient (Wildman–Crippen LogP) is 3.04. The molecule has 148 valence electrons. The van der Waals surface area contributed by atoms with E-state index in [1.54, 1.807) is 0 Å². The first-order valence-electron chi connectivity index (χ1n) is 9.98. The highest BCUT2D eigenvalue weighted by Gasteiger charge is 2.29. The third-order valence-corrected chi connectivity index (χ3v) is 5.27. The fourth-order valence-corrected chi connectivity index (χ4v) is 3.47. The summed E-state index contributed by atoms with van der Waals surface area (Å²) in [4.78, 5) is 25.6. The lowest BCUT2D eigenvalue weighted by Crippen LogP contribution is -2.54. The Morgan fingerprint density at radius 3 is 2.39 bits per heavy atom. The number of anilines is 1. The van der Waals surface area contributed by atoms with E-state index >= 15 is 0 Å². The minimum absolute atomic E-state index is 0.0188. The third-order valence-electron chi connectivity index (χ3n) is 5.27. The van der Waals surface area contributed by atoms with Crippen LogP contribution in [0.4, 0.5) is 5.69 Å². The standard InChI is InChI=1S/C23H29N3O2/c1-4-16-9-11-19(12-10-16)25-23(28)21(15(2)3)26-22(27)20-13-17-7-5-6-8-18(17)14-24-20/h5-12,15,20-21,24H,4,13-14H2,1-3H3,(H,25,28)(H,26,27). The quantitative estimate of drug-likeness (QED) is 0.722. The van der Waals surface area contributed by atoms with E-state index in [-0.39, 0.29) is 23.8 Å². The van der Waals surface area contributed by atoms with Crippen molar-refractivity contribution in [3.05, 3.63) is 65.2 Å². The zero-order chi connectivity index (χ0) is 20.1. The van der Waals surface area contributed by atoms with Gasteiger partial charge in [0.2, 0.25) is 11.8 Å². The lowest BCUT2D eigenvalue weighted by atomic mass is 9.94. The van der Waals surface area contributed by atoms with Gasteiger partial charge in [-0.1, -0.05) is 57.2 Å². The topological polar surface area (TPSA) is 70.2 Å². The Morgan fingerprint density at radius 2 is 1.75 bits per heavy atom. The summed E-state index contributed by atoms with van der Waals surface area (Å²) in [5.41, 5.74) is 4.37. The number of carbonyl (C=O) groups excluding carboxylic acids is 2. The summed E-state index contributed by atoms with van der Waals surface area (Å²) in [6.45, 7) is 6.63. The first-order valence-corrected chi connectivity index (χ1v) is 9.98. The molecule has 28 heavy (non-hydrogen) atoms. The number of benzene rings is 2. The van der Waals surface area contributed by atoms with Crippen LogP contribution < -0.4 is 16.0 Å². The molecule has 0 saturated heterocycles. The molecule has 2 amide bonds. The molecule has 3 N–H and O–H groups in total. The van der Waals surface area contributed by atoms with Crippen LogP contribution in [0.25, 0.3) is 0 Å². The minimum atomic E-state index is -0.586. The Balaban J connectivity index is 1.63. The molecule has 2 aromatic rings. The second-order valence-corrected chi connectivity index (χ2v) is 7.68. The maximum atomic E-state index is 12.8. The van der Waals surface area contributed by atoms with Gasteiger partial charge in [-0.25, -0.2) is 0 Å². The summed E-state index contributed by atoms with van der Waals surface area (Å²) >= 11 is 0. The maximum Gasteiger partial charge on any atom is 0.247 e. The van der Waals surface area contributed by atoms with E-state index in [0.717, 1.165) is 12.1 Å². The van der Waals surface area contributed by atoms with Gasteiger partial charge in [0.25, 0.3) is 0 Å². The van der Waals surface area contributed by atoms with Gasteiger partial charge in [0.05, 0.1) is 6.04 Å². The normalized spacial score (nSPS) is 16.9. The second kappa shape index (κ2) is 9.02. The van der Waals surface area contributed by atoms with E-state index in [2.05, 4.69) is 35.0 Å². The molecule has 5 heteroatoms. The van der Waals surface area contributed by atoms with Gasteiger partial charge in [-0.3, -0.25) is 9.59 Å². The van der Waals surface area contributed by atoms with Crippen molar-refractivity contribution in [3.63, 3.8) is 0 Å². The van der Waals surface area contributed by atoms with Gasteiger partial charge in [-0.05, 0) is 47.6 Å². The zero-order valence-corrected chi connectivity index (χ0v) is 16.8. The lowest BCUT2D eigenvalue weighted by Gasteiger charge is -2.28. The maximum absolute atomic E-state index is 12.8. The van der Waals surface area contributed by atoms with Crippen LogP contribution in [0.3, 0.4) is 0 Å². The molecule has 2 aromatic carbocycles. The fraction of sp³-hybridized carbons (Fsp3) is 0.391. The summed E-state index contributed by atoms with van der Waals surface area (Å²) in [6.07, 6.45) is 1.59. The number of hydrogen-bond donors (Lipinski definition) is 3. The van der Waals surface area contributed by atoms with Gasteiger partial charge in [0, 0.05) is 12.2 Å². The Labute approximate surface area is 166 Å². The van der Waals surface area contributed by atoms with Gasteiger partial charge in [-0.2, -0.15) is 0 Å². The van der Waals surface area contributed by atoms with Crippen molar-refractivity contribution in [1.82, 2.24) is 10.6 Å². The molecule has 0 aromatic heterocycles. The number of rotatable bonds is 6. The van der Waals surface area contributed by atoms with Crippen LogP contribution in [0.2, 0.25) is 0 Å². The summed E-state index contributed by atoms with van der Waals surface area (Å²) in [7, 11) is 0. The molecule has 3 rings (SSSR count). The lowest BCUT2D eigenvalue weighted by molar-refractivity contribution is -0.128. The monoisotopic (exact) mass is 379 g/mol. The average molecular weight is 380 g/mol. The van der Waals surface area contributed by atoms with Crippen LogP contribution in [0.5, 0.6) is 0 Å². The predicted molar refractivity (Wildman–Crippen MR) is 112 cm³/mol. The van der Waals surface area contributed by atoms with Crippen molar-refractivity contribution in [3.8, 4) is 0 Å². The number of nitrogens with one attached hydrogen (secondary N) is 3. The van der Waals surface area contributed by atoms with Crippen LogP contribution in [-0.4, -0.2) is 23.9 Å². The van der Waals surface area contributed by atoms with Gasteiger partial charge < -0.3 is 16.0 Å². The van der Waals surface area contributed by atoms with Gasteiger partial charge in [0.15, 0.2) is 0 Å². The summed E-state index contributed by atoms with van der Waals surface area (Å²) in [5.74, 6) is -0.344. The number of amides is 2. The van der Waals surface area contributed by atoms with Crippen molar-refractivity contribution in [1.29, 1.82) is 0 Å². The third kappa shape index (κ3) is 4.78. The van der Waals surface area contributed by atoms with E-state index in [1.165, 1.54) is 16.7 Å². The molecular weight excluding hydrogens is 350 g/mol. The van der Waals surface area contributed by atoms with E-state index in [9.17, 15) is 9.59 Å². The Kier molecular flexibility index (Phi) is 6.47. The molecule has 1 aliphatic rings. The van der Waals surface area contributed by atoms with Crippen LogP contribution in [0.15, 0.2) is 48.5 Å². The van der Waals surface area contributed by atoms with Crippen molar-refractivity contribution in [2.75, 3.05) is 5.32 Å². The van der Waals surface area contributed by atoms with Crippen LogP contribution in [-0.2, 0) is 29.0 Å². The van der Waals surface area contributed by atoms with Gasteiger partial charge in [-0.15, -0.1) is 0 Å². The van der Waals surface area contributed by atoms with Gasteiger partial charge in [0.1, 0.15) is 6.04 Å². The van der Waals surface area contributed by atoms with Crippen LogP contribution in [0.1, 0.15) is 37.5 Å². The SMILES string of the molecule is CCc1ccc(NC(=O)C(NC(=O)C2Cc3ccccc3CN2)C(C)C)cc1. The van der Waals surface area contributed by atoms with Crippen molar-refractivity contribution >= 4 is 17.5 Å². The first-order chi connectivity index (χ1) is 13.5. The molecule has 0 radical (unpaired) electrons. The summed E-state index contributed by atoms with van der Waals surface area (Å²) in [5, 5.41) is 9.15. The highest BCUT2D eigenvalue weighted by Crippen LogP contribution is 2.17. The minimum Gasteiger partial charge on any atom is -0.343 e. The first kappa shape index (κ1) is 20.1. The molecular formula is C23H29N3O2. The van der Waals surface area contributed by atoms with Crippen LogP contribution >= 0.6 is 0 Å². The number of hydrogen-bond acceptors (Lipinski definition) is 3. The summed E-state index contributed by atoms with van der Waals surface area (Å²) in [6, 6.07) is 15.0. The Hall–Kier alpha value is -2.66. The highest BCUT2D eigenvalue weighted by atomic mass is 16.2. The number of aryl methyl sites for hydroxylation is 1. The molecule has 1 aliphatic heterocycles. The van der Waals surface area contributed by atoms with Crippen molar-refractivity contribution < 1.29 is 9.59 Å². The molecule has 0 fully saturated rings. The van der Waals surface area contributed by atoms with Crippen molar-refractivity contribution in [2.45, 2.75) is 52.2 Å².